The van der Waals surface area contributed by atoms with E-state index in [0.29, 0.717) is 10.8 Å². The van der Waals surface area contributed by atoms with Gasteiger partial charge in [-0.2, -0.15) is 13.2 Å². The molecular formula is C23H16F3N3O4S. The quantitative estimate of drug-likeness (QED) is 0.351. The SMILES string of the molecule is COc1ccc(-c2nc(C(=O)Nc3ccc(NC(=O)c4ccoc4)cc3C(F)(F)F)cs2)cc1. The average Bonchev–Trinajstić information content (AvgIpc) is 3.52. The van der Waals surface area contributed by atoms with Crippen LogP contribution in [0, 0.1) is 0 Å². The highest BCUT2D eigenvalue weighted by Crippen LogP contribution is 2.37. The van der Waals surface area contributed by atoms with Crippen LogP contribution in [-0.4, -0.2) is 23.9 Å². The molecule has 4 aromatic rings. The van der Waals surface area contributed by atoms with Gasteiger partial charge in [-0.15, -0.1) is 11.3 Å². The molecule has 4 rings (SSSR count). The molecule has 2 heterocycles. The van der Waals surface area contributed by atoms with Crippen LogP contribution in [-0.2, 0) is 6.18 Å². The van der Waals surface area contributed by atoms with Crippen LogP contribution in [0.4, 0.5) is 24.5 Å². The number of carbonyl (C=O) groups is 2. The highest BCUT2D eigenvalue weighted by Gasteiger charge is 2.34. The van der Waals surface area contributed by atoms with Crippen molar-refractivity contribution in [2.24, 2.45) is 0 Å². The van der Waals surface area contributed by atoms with Crippen LogP contribution in [0.3, 0.4) is 0 Å². The lowest BCUT2D eigenvalue weighted by Crippen LogP contribution is -2.18. The van der Waals surface area contributed by atoms with E-state index in [0.717, 1.165) is 17.7 Å². The molecule has 7 nitrogen and oxygen atoms in total. The van der Waals surface area contributed by atoms with Crippen LogP contribution < -0.4 is 15.4 Å². The van der Waals surface area contributed by atoms with Crippen LogP contribution in [0.2, 0.25) is 0 Å². The number of halogens is 3. The predicted molar refractivity (Wildman–Crippen MR) is 120 cm³/mol. The van der Waals surface area contributed by atoms with Crippen LogP contribution in [0.5, 0.6) is 5.75 Å². The lowest BCUT2D eigenvalue weighted by molar-refractivity contribution is -0.136. The fourth-order valence-electron chi connectivity index (χ4n) is 2.99. The number of thiazole rings is 1. The van der Waals surface area contributed by atoms with Crippen LogP contribution in [0.25, 0.3) is 10.6 Å². The second-order valence-corrected chi connectivity index (χ2v) is 7.80. The van der Waals surface area contributed by atoms with Gasteiger partial charge in [0, 0.05) is 16.6 Å². The van der Waals surface area contributed by atoms with Gasteiger partial charge in [0.1, 0.15) is 22.7 Å². The molecule has 174 valence electrons. The van der Waals surface area contributed by atoms with Crippen LogP contribution >= 0.6 is 11.3 Å². The summed E-state index contributed by atoms with van der Waals surface area (Å²) in [7, 11) is 1.54. The summed E-state index contributed by atoms with van der Waals surface area (Å²) >= 11 is 1.18. The first kappa shape index (κ1) is 23.1. The largest absolute Gasteiger partial charge is 0.497 e. The molecule has 0 aliphatic heterocycles. The summed E-state index contributed by atoms with van der Waals surface area (Å²) < 4.78 is 50.9. The fraction of sp³-hybridized carbons (Fsp3) is 0.0870. The Morgan fingerprint density at radius 1 is 1.03 bits per heavy atom. The molecule has 2 N–H and O–H groups in total. The second kappa shape index (κ2) is 9.40. The summed E-state index contributed by atoms with van der Waals surface area (Å²) in [5.41, 5.74) is -0.803. The molecule has 0 atom stereocenters. The second-order valence-electron chi connectivity index (χ2n) is 6.94. The van der Waals surface area contributed by atoms with Crippen molar-refractivity contribution in [1.29, 1.82) is 0 Å². The zero-order valence-corrected chi connectivity index (χ0v) is 18.3. The van der Waals surface area contributed by atoms with Gasteiger partial charge in [-0.05, 0) is 48.5 Å². The molecule has 2 aromatic carbocycles. The minimum atomic E-state index is -4.78. The Labute approximate surface area is 195 Å². The zero-order valence-electron chi connectivity index (χ0n) is 17.5. The van der Waals surface area contributed by atoms with Gasteiger partial charge in [-0.25, -0.2) is 4.98 Å². The molecule has 2 aromatic heterocycles. The first-order valence-electron chi connectivity index (χ1n) is 9.70. The fourth-order valence-corrected chi connectivity index (χ4v) is 3.80. The van der Waals surface area contributed by atoms with E-state index in [1.807, 2.05) is 0 Å². The summed E-state index contributed by atoms with van der Waals surface area (Å²) in [6, 6.07) is 11.4. The average molecular weight is 487 g/mol. The maximum absolute atomic E-state index is 13.7. The topological polar surface area (TPSA) is 93.5 Å². The van der Waals surface area contributed by atoms with Crippen LogP contribution in [0.1, 0.15) is 26.4 Å². The molecule has 2 amide bonds. The third-order valence-electron chi connectivity index (χ3n) is 4.69. The number of anilines is 2. The Kier molecular flexibility index (Phi) is 6.37. The van der Waals surface area contributed by atoms with Gasteiger partial charge in [-0.3, -0.25) is 9.59 Å². The lowest BCUT2D eigenvalue weighted by Gasteiger charge is -2.15. The highest BCUT2D eigenvalue weighted by atomic mass is 32.1. The number of methoxy groups -OCH3 is 1. The third-order valence-corrected chi connectivity index (χ3v) is 5.58. The Bertz CT molecular complexity index is 1320. The number of alkyl halides is 3. The summed E-state index contributed by atoms with van der Waals surface area (Å²) in [5, 5.41) is 6.62. The summed E-state index contributed by atoms with van der Waals surface area (Å²) in [4.78, 5) is 29.0. The van der Waals surface area contributed by atoms with Gasteiger partial charge in [0.2, 0.25) is 0 Å². The first-order chi connectivity index (χ1) is 16.2. The molecule has 0 fully saturated rings. The minimum absolute atomic E-state index is 0.0266. The number of nitrogens with one attached hydrogen (secondary N) is 2. The number of amides is 2. The minimum Gasteiger partial charge on any atom is -0.497 e. The molecule has 0 unspecified atom stereocenters. The molecule has 0 saturated carbocycles. The van der Waals surface area contributed by atoms with Crippen molar-refractivity contribution in [3.8, 4) is 16.3 Å². The van der Waals surface area contributed by atoms with Crippen molar-refractivity contribution in [3.05, 3.63) is 83.3 Å². The van der Waals surface area contributed by atoms with E-state index in [4.69, 9.17) is 9.15 Å². The number of nitrogens with zero attached hydrogens (tertiary/aromatic N) is 1. The summed E-state index contributed by atoms with van der Waals surface area (Å²) in [5.74, 6) is -0.772. The van der Waals surface area contributed by atoms with Gasteiger partial charge in [0.15, 0.2) is 0 Å². The zero-order chi connectivity index (χ0) is 24.3. The highest BCUT2D eigenvalue weighted by molar-refractivity contribution is 7.13. The van der Waals surface area contributed by atoms with E-state index >= 15 is 0 Å². The van der Waals surface area contributed by atoms with E-state index in [-0.39, 0.29) is 16.9 Å². The summed E-state index contributed by atoms with van der Waals surface area (Å²) in [6.45, 7) is 0. The number of carbonyl (C=O) groups excluding carboxylic acids is 2. The molecule has 0 radical (unpaired) electrons. The molecule has 0 spiro atoms. The predicted octanol–water partition coefficient (Wildman–Crippen LogP) is 5.94. The number of rotatable bonds is 6. The number of furan rings is 1. The summed E-state index contributed by atoms with van der Waals surface area (Å²) in [6.07, 6.45) is -2.34. The van der Waals surface area contributed by atoms with Crippen molar-refractivity contribution >= 4 is 34.5 Å². The van der Waals surface area contributed by atoms with Crippen LogP contribution in [0.15, 0.2) is 70.9 Å². The molecule has 0 saturated heterocycles. The smallest absolute Gasteiger partial charge is 0.418 e. The molecule has 0 bridgehead atoms. The lowest BCUT2D eigenvalue weighted by atomic mass is 10.1. The number of ether oxygens (including phenoxy) is 1. The van der Waals surface area contributed by atoms with Gasteiger partial charge in [-0.1, -0.05) is 0 Å². The molecular weight excluding hydrogens is 471 g/mol. The molecule has 0 aliphatic rings. The van der Waals surface area contributed by atoms with Gasteiger partial charge in [0.05, 0.1) is 30.2 Å². The number of hydrogen-bond donors (Lipinski definition) is 2. The Morgan fingerprint density at radius 3 is 2.44 bits per heavy atom. The monoisotopic (exact) mass is 487 g/mol. The maximum Gasteiger partial charge on any atom is 0.418 e. The molecule has 34 heavy (non-hydrogen) atoms. The third kappa shape index (κ3) is 5.09. The van der Waals surface area contributed by atoms with Crippen molar-refractivity contribution in [2.75, 3.05) is 17.7 Å². The number of benzene rings is 2. The van der Waals surface area contributed by atoms with Crippen molar-refractivity contribution in [1.82, 2.24) is 4.98 Å². The number of hydrogen-bond acceptors (Lipinski definition) is 6. The molecule has 0 aliphatic carbocycles. The van der Waals surface area contributed by atoms with Crippen molar-refractivity contribution in [3.63, 3.8) is 0 Å². The van der Waals surface area contributed by atoms with E-state index in [1.54, 1.807) is 24.3 Å². The Morgan fingerprint density at radius 2 is 1.79 bits per heavy atom. The first-order valence-corrected chi connectivity index (χ1v) is 10.6. The normalized spacial score (nSPS) is 11.2. The Balaban J connectivity index is 1.54. The number of aromatic nitrogens is 1. The van der Waals surface area contributed by atoms with Gasteiger partial charge < -0.3 is 19.8 Å². The van der Waals surface area contributed by atoms with Crippen molar-refractivity contribution < 1.29 is 31.9 Å². The standard InChI is InChI=1S/C23H16F3N3O4S/c1-32-16-5-2-13(3-6-16)22-29-19(12-34-22)21(31)28-18-7-4-15(10-17(18)23(24,25)26)27-20(30)14-8-9-33-11-14/h2-12H,1H3,(H,27,30)(H,28,31). The van der Waals surface area contributed by atoms with E-state index in [9.17, 15) is 22.8 Å². The maximum atomic E-state index is 13.7. The molecule has 11 heteroatoms. The van der Waals surface area contributed by atoms with Gasteiger partial charge in [0.25, 0.3) is 11.8 Å². The van der Waals surface area contributed by atoms with E-state index < -0.39 is 29.2 Å². The Hall–Kier alpha value is -4.12. The van der Waals surface area contributed by atoms with Gasteiger partial charge >= 0.3 is 6.18 Å². The van der Waals surface area contributed by atoms with E-state index in [1.165, 1.54) is 48.5 Å². The van der Waals surface area contributed by atoms with Crippen molar-refractivity contribution in [2.45, 2.75) is 6.18 Å². The van der Waals surface area contributed by atoms with E-state index in [2.05, 4.69) is 15.6 Å².